The van der Waals surface area contributed by atoms with Crippen LogP contribution in [0.25, 0.3) is 0 Å². The zero-order chi connectivity index (χ0) is 23.1. The van der Waals surface area contributed by atoms with E-state index in [1.165, 1.54) is 38.3 Å². The number of benzene rings is 2. The lowest BCUT2D eigenvalue weighted by Gasteiger charge is -2.14. The summed E-state index contributed by atoms with van der Waals surface area (Å²) in [5.74, 6) is -0.675. The van der Waals surface area contributed by atoms with Crippen molar-refractivity contribution in [2.75, 3.05) is 25.6 Å². The number of methoxy groups -OCH3 is 1. The van der Waals surface area contributed by atoms with Gasteiger partial charge in [0.25, 0.3) is 5.91 Å². The van der Waals surface area contributed by atoms with E-state index in [-0.39, 0.29) is 23.1 Å². The molecule has 1 amide bonds. The van der Waals surface area contributed by atoms with Gasteiger partial charge >= 0.3 is 5.97 Å². The molecule has 172 valence electrons. The molecule has 0 bridgehead atoms. The van der Waals surface area contributed by atoms with Gasteiger partial charge in [-0.1, -0.05) is 6.07 Å². The Bertz CT molecular complexity index is 1050. The number of carbonyl (C=O) groups is 2. The molecule has 0 spiro atoms. The zero-order valence-corrected chi connectivity index (χ0v) is 18.7. The van der Waals surface area contributed by atoms with E-state index in [0.717, 1.165) is 12.8 Å². The first kappa shape index (κ1) is 23.7. The summed E-state index contributed by atoms with van der Waals surface area (Å²) in [6.07, 6.45) is 0.546. The van der Waals surface area contributed by atoms with Gasteiger partial charge in [0, 0.05) is 24.9 Å². The number of ether oxygens (including phenoxy) is 3. The van der Waals surface area contributed by atoms with Gasteiger partial charge in [-0.05, 0) is 56.2 Å². The van der Waals surface area contributed by atoms with Crippen LogP contribution in [0, 0.1) is 0 Å². The Morgan fingerprint density at radius 3 is 2.59 bits per heavy atom. The van der Waals surface area contributed by atoms with Crippen molar-refractivity contribution < 1.29 is 32.2 Å². The smallest absolute Gasteiger partial charge is 0.338 e. The Kier molecular flexibility index (Phi) is 7.84. The highest BCUT2D eigenvalue weighted by molar-refractivity contribution is 7.89. The molecule has 1 fully saturated rings. The highest BCUT2D eigenvalue weighted by Gasteiger charge is 2.22. The van der Waals surface area contributed by atoms with Gasteiger partial charge in [-0.2, -0.15) is 0 Å². The molecule has 32 heavy (non-hydrogen) atoms. The number of esters is 1. The molecule has 2 aromatic rings. The van der Waals surface area contributed by atoms with Gasteiger partial charge in [0.1, 0.15) is 5.75 Å². The Morgan fingerprint density at radius 1 is 1.19 bits per heavy atom. The summed E-state index contributed by atoms with van der Waals surface area (Å²) in [5, 5.41) is 2.65. The van der Waals surface area contributed by atoms with Crippen molar-refractivity contribution in [3.63, 3.8) is 0 Å². The molecular weight excluding hydrogens is 436 g/mol. The average Bonchev–Trinajstić information content (AvgIpc) is 3.32. The van der Waals surface area contributed by atoms with Crippen molar-refractivity contribution in [1.29, 1.82) is 0 Å². The predicted molar refractivity (Wildman–Crippen MR) is 117 cm³/mol. The van der Waals surface area contributed by atoms with Crippen molar-refractivity contribution >= 4 is 27.6 Å². The summed E-state index contributed by atoms with van der Waals surface area (Å²) in [5.41, 5.74) is 0.631. The molecule has 10 heteroatoms. The van der Waals surface area contributed by atoms with Crippen LogP contribution in [0.5, 0.6) is 5.75 Å². The van der Waals surface area contributed by atoms with Crippen LogP contribution >= 0.6 is 0 Å². The van der Waals surface area contributed by atoms with Crippen LogP contribution in [-0.2, 0) is 24.3 Å². The average molecular weight is 463 g/mol. The summed E-state index contributed by atoms with van der Waals surface area (Å²) in [4.78, 5) is 24.7. The van der Waals surface area contributed by atoms with Crippen molar-refractivity contribution in [2.24, 2.45) is 0 Å². The first-order chi connectivity index (χ1) is 15.3. The monoisotopic (exact) mass is 462 g/mol. The van der Waals surface area contributed by atoms with E-state index in [0.29, 0.717) is 18.0 Å². The van der Waals surface area contributed by atoms with Crippen LogP contribution in [0.2, 0.25) is 0 Å². The quantitative estimate of drug-likeness (QED) is 0.549. The van der Waals surface area contributed by atoms with E-state index < -0.39 is 28.0 Å². The van der Waals surface area contributed by atoms with Gasteiger partial charge in [-0.25, -0.2) is 17.9 Å². The SMILES string of the molecule is COc1cccc(NC(=O)C(C)OC(=O)c2ccc(S(=O)(=O)NCC3CCCO3)cc2)c1. The summed E-state index contributed by atoms with van der Waals surface area (Å²) in [6.45, 7) is 2.28. The van der Waals surface area contributed by atoms with Gasteiger partial charge in [-0.15, -0.1) is 0 Å². The van der Waals surface area contributed by atoms with E-state index in [4.69, 9.17) is 14.2 Å². The van der Waals surface area contributed by atoms with Crippen molar-refractivity contribution in [3.05, 3.63) is 54.1 Å². The number of rotatable bonds is 9. The lowest BCUT2D eigenvalue weighted by molar-refractivity contribution is -0.123. The fraction of sp³-hybridized carbons (Fsp3) is 0.364. The van der Waals surface area contributed by atoms with Crippen LogP contribution in [0.4, 0.5) is 5.69 Å². The van der Waals surface area contributed by atoms with Crippen LogP contribution in [0.1, 0.15) is 30.1 Å². The Morgan fingerprint density at radius 2 is 1.94 bits per heavy atom. The number of amides is 1. The second kappa shape index (κ2) is 10.6. The van der Waals surface area contributed by atoms with Crippen molar-refractivity contribution in [1.82, 2.24) is 4.72 Å². The molecule has 0 saturated carbocycles. The molecule has 0 radical (unpaired) electrons. The number of sulfonamides is 1. The summed E-state index contributed by atoms with van der Waals surface area (Å²) >= 11 is 0. The minimum Gasteiger partial charge on any atom is -0.497 e. The number of anilines is 1. The molecule has 2 aromatic carbocycles. The van der Waals surface area contributed by atoms with E-state index in [1.807, 2.05) is 0 Å². The third-order valence-corrected chi connectivity index (χ3v) is 6.36. The first-order valence-electron chi connectivity index (χ1n) is 10.2. The van der Waals surface area contributed by atoms with Gasteiger partial charge in [0.15, 0.2) is 6.10 Å². The maximum Gasteiger partial charge on any atom is 0.338 e. The standard InChI is InChI=1S/C22H26N2O7S/c1-15(21(25)24-17-5-3-6-18(13-17)29-2)31-22(26)16-8-10-20(11-9-16)32(27,28)23-14-19-7-4-12-30-19/h3,5-6,8-11,13,15,19,23H,4,7,12,14H2,1-2H3,(H,24,25). The van der Waals surface area contributed by atoms with E-state index in [1.54, 1.807) is 24.3 Å². The molecule has 1 aliphatic rings. The molecule has 0 aromatic heterocycles. The van der Waals surface area contributed by atoms with Crippen molar-refractivity contribution in [3.8, 4) is 5.75 Å². The molecule has 2 atom stereocenters. The zero-order valence-electron chi connectivity index (χ0n) is 17.9. The van der Waals surface area contributed by atoms with Crippen LogP contribution < -0.4 is 14.8 Å². The van der Waals surface area contributed by atoms with Gasteiger partial charge in [0.05, 0.1) is 23.7 Å². The fourth-order valence-corrected chi connectivity index (χ4v) is 4.15. The van der Waals surface area contributed by atoms with Crippen LogP contribution in [0.3, 0.4) is 0 Å². The topological polar surface area (TPSA) is 120 Å². The molecule has 0 aliphatic carbocycles. The number of hydrogen-bond acceptors (Lipinski definition) is 7. The largest absolute Gasteiger partial charge is 0.497 e. The Hall–Kier alpha value is -2.95. The number of nitrogens with one attached hydrogen (secondary N) is 2. The third kappa shape index (κ3) is 6.28. The van der Waals surface area contributed by atoms with E-state index in [9.17, 15) is 18.0 Å². The van der Waals surface area contributed by atoms with E-state index in [2.05, 4.69) is 10.0 Å². The molecule has 1 aliphatic heterocycles. The minimum absolute atomic E-state index is 0.0239. The summed E-state index contributed by atoms with van der Waals surface area (Å²) in [6, 6.07) is 12.1. The lowest BCUT2D eigenvalue weighted by atomic mass is 10.2. The molecule has 2 N–H and O–H groups in total. The van der Waals surface area contributed by atoms with Crippen molar-refractivity contribution in [2.45, 2.75) is 36.9 Å². The van der Waals surface area contributed by atoms with Gasteiger partial charge < -0.3 is 19.5 Å². The summed E-state index contributed by atoms with van der Waals surface area (Å²) < 4.78 is 43.1. The molecule has 2 unspecified atom stereocenters. The summed E-state index contributed by atoms with van der Waals surface area (Å²) in [7, 11) is -2.21. The van der Waals surface area contributed by atoms with Crippen LogP contribution in [-0.4, -0.2) is 52.8 Å². The molecule has 1 saturated heterocycles. The van der Waals surface area contributed by atoms with Crippen LogP contribution in [0.15, 0.2) is 53.4 Å². The second-order valence-electron chi connectivity index (χ2n) is 7.28. The lowest BCUT2D eigenvalue weighted by Crippen LogP contribution is -2.32. The number of carbonyl (C=O) groups excluding carboxylic acids is 2. The second-order valence-corrected chi connectivity index (χ2v) is 9.05. The first-order valence-corrected chi connectivity index (χ1v) is 11.6. The highest BCUT2D eigenvalue weighted by Crippen LogP contribution is 2.18. The van der Waals surface area contributed by atoms with Gasteiger partial charge in [0.2, 0.25) is 10.0 Å². The Labute approximate surface area is 187 Å². The third-order valence-electron chi connectivity index (χ3n) is 4.92. The number of hydrogen-bond donors (Lipinski definition) is 2. The maximum atomic E-state index is 12.4. The Balaban J connectivity index is 1.55. The minimum atomic E-state index is -3.72. The predicted octanol–water partition coefficient (Wildman–Crippen LogP) is 2.34. The molecule has 3 rings (SSSR count). The van der Waals surface area contributed by atoms with Gasteiger partial charge in [-0.3, -0.25) is 4.79 Å². The van der Waals surface area contributed by atoms with E-state index >= 15 is 0 Å². The molecule has 9 nitrogen and oxygen atoms in total. The fourth-order valence-electron chi connectivity index (χ4n) is 3.09. The highest BCUT2D eigenvalue weighted by atomic mass is 32.2. The molecule has 1 heterocycles. The maximum absolute atomic E-state index is 12.4. The normalized spacial score (nSPS) is 16.9. The molecular formula is C22H26N2O7S.